The Balaban J connectivity index is 1.61. The molecule has 6 heteroatoms. The lowest BCUT2D eigenvalue weighted by Crippen LogP contribution is -2.13. The third-order valence-corrected chi connectivity index (χ3v) is 6.08. The van der Waals surface area contributed by atoms with Gasteiger partial charge in [-0.25, -0.2) is 13.4 Å². The first-order valence-corrected chi connectivity index (χ1v) is 11.0. The van der Waals surface area contributed by atoms with Crippen molar-refractivity contribution in [3.05, 3.63) is 89.7 Å². The van der Waals surface area contributed by atoms with Crippen molar-refractivity contribution < 1.29 is 12.8 Å². The zero-order valence-electron chi connectivity index (χ0n) is 17.0. The Morgan fingerprint density at radius 2 is 1.50 bits per heavy atom. The molecule has 3 aromatic carbocycles. The van der Waals surface area contributed by atoms with E-state index in [9.17, 15) is 8.42 Å². The molecular weight excluding hydrogens is 396 g/mol. The van der Waals surface area contributed by atoms with Crippen LogP contribution in [0.15, 0.2) is 82.3 Å². The average molecular weight is 419 g/mol. The molecule has 0 aliphatic carbocycles. The second kappa shape index (κ2) is 7.80. The number of hydrogen-bond acceptors (Lipinski definition) is 4. The van der Waals surface area contributed by atoms with Crippen LogP contribution in [0.5, 0.6) is 0 Å². The van der Waals surface area contributed by atoms with Gasteiger partial charge < -0.3 is 4.42 Å². The minimum atomic E-state index is -3.70. The van der Waals surface area contributed by atoms with Crippen molar-refractivity contribution in [3.8, 4) is 22.7 Å². The molecule has 1 N–H and O–H groups in total. The number of aryl methyl sites for hydroxylation is 3. The van der Waals surface area contributed by atoms with Crippen LogP contribution in [0.4, 0.5) is 5.69 Å². The molecule has 0 aliphatic rings. The van der Waals surface area contributed by atoms with Gasteiger partial charge in [0.05, 0.1) is 4.90 Å². The van der Waals surface area contributed by atoms with Crippen LogP contribution in [0.2, 0.25) is 0 Å². The first-order valence-electron chi connectivity index (χ1n) is 9.54. The average Bonchev–Trinajstić information content (AvgIpc) is 3.18. The fraction of sp³-hybridized carbons (Fsp3) is 0.125. The Bertz CT molecular complexity index is 1290. The molecule has 0 saturated carbocycles. The van der Waals surface area contributed by atoms with Crippen LogP contribution >= 0.6 is 0 Å². The Morgan fingerprint density at radius 1 is 0.800 bits per heavy atom. The number of sulfonamides is 1. The highest BCUT2D eigenvalue weighted by molar-refractivity contribution is 7.92. The molecule has 4 rings (SSSR count). The second-order valence-electron chi connectivity index (χ2n) is 7.41. The number of rotatable bonds is 5. The topological polar surface area (TPSA) is 72.2 Å². The molecular formula is C24H22N2O3S. The molecule has 0 aliphatic heterocycles. The maximum atomic E-state index is 12.8. The fourth-order valence-electron chi connectivity index (χ4n) is 3.28. The van der Waals surface area contributed by atoms with Gasteiger partial charge in [0.2, 0.25) is 5.89 Å². The standard InChI is InChI=1S/C24H22N2O3S/c1-16-7-9-19(10-8-16)23-15-29-24(25-23)20-5-4-6-21(14-20)26-30(27,28)22-12-17(2)11-18(3)13-22/h4-15,26H,1-3H3. The molecule has 152 valence electrons. The molecule has 30 heavy (non-hydrogen) atoms. The van der Waals surface area contributed by atoms with Gasteiger partial charge >= 0.3 is 0 Å². The van der Waals surface area contributed by atoms with Crippen molar-refractivity contribution in [1.82, 2.24) is 4.98 Å². The van der Waals surface area contributed by atoms with Crippen molar-refractivity contribution in [2.24, 2.45) is 0 Å². The van der Waals surface area contributed by atoms with Crippen LogP contribution in [-0.2, 0) is 10.0 Å². The predicted molar refractivity (Wildman–Crippen MR) is 119 cm³/mol. The molecule has 0 unspecified atom stereocenters. The molecule has 1 aromatic heterocycles. The summed E-state index contributed by atoms with van der Waals surface area (Å²) in [6.45, 7) is 5.78. The van der Waals surface area contributed by atoms with Crippen LogP contribution in [0, 0.1) is 20.8 Å². The SMILES string of the molecule is Cc1ccc(-c2coc(-c3cccc(NS(=O)(=O)c4cc(C)cc(C)c4)c3)n2)cc1. The molecule has 0 radical (unpaired) electrons. The van der Waals surface area contributed by atoms with Gasteiger partial charge in [0, 0.05) is 16.8 Å². The fourth-order valence-corrected chi connectivity index (χ4v) is 4.52. The lowest BCUT2D eigenvalue weighted by molar-refractivity contribution is 0.575. The molecule has 0 fully saturated rings. The minimum Gasteiger partial charge on any atom is -0.444 e. The zero-order chi connectivity index (χ0) is 21.3. The second-order valence-corrected chi connectivity index (χ2v) is 9.10. The van der Waals surface area contributed by atoms with Crippen molar-refractivity contribution in [2.75, 3.05) is 4.72 Å². The number of nitrogens with one attached hydrogen (secondary N) is 1. The lowest BCUT2D eigenvalue weighted by atomic mass is 10.1. The number of aromatic nitrogens is 1. The van der Waals surface area contributed by atoms with Gasteiger partial charge in [-0.2, -0.15) is 0 Å². The number of nitrogens with zero attached hydrogens (tertiary/aromatic N) is 1. The number of benzene rings is 3. The molecule has 1 heterocycles. The maximum absolute atomic E-state index is 12.8. The summed E-state index contributed by atoms with van der Waals surface area (Å²) in [6, 6.07) is 20.3. The predicted octanol–water partition coefficient (Wildman–Crippen LogP) is 5.73. The molecule has 0 spiro atoms. The third kappa shape index (κ3) is 4.28. The van der Waals surface area contributed by atoms with E-state index in [0.29, 0.717) is 17.1 Å². The number of anilines is 1. The normalized spacial score (nSPS) is 11.4. The van der Waals surface area contributed by atoms with E-state index in [2.05, 4.69) is 9.71 Å². The highest BCUT2D eigenvalue weighted by Gasteiger charge is 2.16. The lowest BCUT2D eigenvalue weighted by Gasteiger charge is -2.10. The van der Waals surface area contributed by atoms with E-state index < -0.39 is 10.0 Å². The van der Waals surface area contributed by atoms with E-state index >= 15 is 0 Å². The summed E-state index contributed by atoms with van der Waals surface area (Å²) in [6.07, 6.45) is 1.60. The number of oxazole rings is 1. The van der Waals surface area contributed by atoms with Crippen molar-refractivity contribution in [3.63, 3.8) is 0 Å². The smallest absolute Gasteiger partial charge is 0.261 e. The first-order chi connectivity index (χ1) is 14.3. The summed E-state index contributed by atoms with van der Waals surface area (Å²) < 4.78 is 33.9. The van der Waals surface area contributed by atoms with Crippen molar-refractivity contribution in [1.29, 1.82) is 0 Å². The Hall–Kier alpha value is -3.38. The largest absolute Gasteiger partial charge is 0.444 e. The van der Waals surface area contributed by atoms with Crippen LogP contribution in [-0.4, -0.2) is 13.4 Å². The van der Waals surface area contributed by atoms with Crippen LogP contribution < -0.4 is 4.72 Å². The molecule has 0 bridgehead atoms. The molecule has 5 nitrogen and oxygen atoms in total. The minimum absolute atomic E-state index is 0.239. The van der Waals surface area contributed by atoms with Gasteiger partial charge in [0.15, 0.2) is 0 Å². The van der Waals surface area contributed by atoms with Crippen molar-refractivity contribution in [2.45, 2.75) is 25.7 Å². The van der Waals surface area contributed by atoms with Crippen LogP contribution in [0.25, 0.3) is 22.7 Å². The van der Waals surface area contributed by atoms with Gasteiger partial charge in [-0.1, -0.05) is 42.0 Å². The first kappa shape index (κ1) is 19.9. The summed E-state index contributed by atoms with van der Waals surface area (Å²) in [7, 11) is -3.70. The highest BCUT2D eigenvalue weighted by atomic mass is 32.2. The molecule has 0 saturated heterocycles. The van der Waals surface area contributed by atoms with E-state index in [1.165, 1.54) is 5.56 Å². The Labute approximate surface area is 176 Å². The Kier molecular flexibility index (Phi) is 5.18. The summed E-state index contributed by atoms with van der Waals surface area (Å²) in [5.41, 5.74) is 5.79. The summed E-state index contributed by atoms with van der Waals surface area (Å²) in [5.74, 6) is 0.429. The third-order valence-electron chi connectivity index (χ3n) is 4.72. The van der Waals surface area contributed by atoms with Gasteiger partial charge in [-0.05, 0) is 62.2 Å². The van der Waals surface area contributed by atoms with Gasteiger partial charge in [0.25, 0.3) is 10.0 Å². The van der Waals surface area contributed by atoms with Gasteiger partial charge in [-0.15, -0.1) is 0 Å². The summed E-state index contributed by atoms with van der Waals surface area (Å²) in [5, 5.41) is 0. The van der Waals surface area contributed by atoms with Gasteiger partial charge in [0.1, 0.15) is 12.0 Å². The zero-order valence-corrected chi connectivity index (χ0v) is 17.8. The van der Waals surface area contributed by atoms with Crippen LogP contribution in [0.1, 0.15) is 16.7 Å². The quantitative estimate of drug-likeness (QED) is 0.449. The highest BCUT2D eigenvalue weighted by Crippen LogP contribution is 2.27. The molecule has 0 amide bonds. The number of hydrogen-bond donors (Lipinski definition) is 1. The summed E-state index contributed by atoms with van der Waals surface area (Å²) >= 11 is 0. The van der Waals surface area contributed by atoms with Crippen LogP contribution in [0.3, 0.4) is 0 Å². The van der Waals surface area contributed by atoms with E-state index in [1.54, 1.807) is 36.6 Å². The monoisotopic (exact) mass is 418 g/mol. The van der Waals surface area contributed by atoms with E-state index in [1.807, 2.05) is 57.2 Å². The molecule has 0 atom stereocenters. The Morgan fingerprint density at radius 3 is 2.20 bits per heavy atom. The van der Waals surface area contributed by atoms with E-state index in [0.717, 1.165) is 22.4 Å². The van der Waals surface area contributed by atoms with E-state index in [-0.39, 0.29) is 4.90 Å². The van der Waals surface area contributed by atoms with E-state index in [4.69, 9.17) is 4.42 Å². The van der Waals surface area contributed by atoms with Crippen molar-refractivity contribution >= 4 is 15.7 Å². The molecule has 4 aromatic rings. The van der Waals surface area contributed by atoms with Gasteiger partial charge in [-0.3, -0.25) is 4.72 Å². The maximum Gasteiger partial charge on any atom is 0.261 e. The summed E-state index contributed by atoms with van der Waals surface area (Å²) in [4.78, 5) is 4.79.